The van der Waals surface area contributed by atoms with Gasteiger partial charge in [0.1, 0.15) is 0 Å². The number of carbonyl (C=O) groups excluding carboxylic acids is 2. The Morgan fingerprint density at radius 2 is 1.71 bits per heavy atom. The minimum absolute atomic E-state index is 0.0945. The van der Waals surface area contributed by atoms with Gasteiger partial charge < -0.3 is 15.7 Å². The molecule has 0 aliphatic carbocycles. The zero-order chi connectivity index (χ0) is 11.1. The van der Waals surface area contributed by atoms with E-state index >= 15 is 0 Å². The molecule has 0 saturated heterocycles. The Labute approximate surface area is 83.9 Å². The number of aliphatic hydroxyl groups excluding tert-OH is 1. The lowest BCUT2D eigenvalue weighted by atomic mass is 10.2. The van der Waals surface area contributed by atoms with E-state index in [2.05, 4.69) is 10.6 Å². The number of hydrogen-bond donors (Lipinski definition) is 3. The van der Waals surface area contributed by atoms with E-state index in [-0.39, 0.29) is 30.8 Å². The molecular weight excluding hydrogens is 184 g/mol. The van der Waals surface area contributed by atoms with Gasteiger partial charge in [0.15, 0.2) is 0 Å². The van der Waals surface area contributed by atoms with E-state index in [9.17, 15) is 14.7 Å². The Bertz CT molecular complexity index is 204. The van der Waals surface area contributed by atoms with Gasteiger partial charge in [-0.2, -0.15) is 0 Å². The van der Waals surface area contributed by atoms with Crippen LogP contribution >= 0.6 is 0 Å². The van der Waals surface area contributed by atoms with Crippen LogP contribution in [0, 0.1) is 5.92 Å². The average molecular weight is 202 g/mol. The Morgan fingerprint density at radius 1 is 1.21 bits per heavy atom. The predicted octanol–water partition coefficient (Wildman–Crippen LogP) is -0.744. The fourth-order valence-corrected chi connectivity index (χ4v) is 0.756. The van der Waals surface area contributed by atoms with Crippen molar-refractivity contribution in [3.05, 3.63) is 0 Å². The van der Waals surface area contributed by atoms with Crippen molar-refractivity contribution in [3.63, 3.8) is 0 Å². The third-order valence-electron chi connectivity index (χ3n) is 1.62. The third kappa shape index (κ3) is 6.42. The van der Waals surface area contributed by atoms with E-state index in [1.807, 2.05) is 0 Å². The van der Waals surface area contributed by atoms with Crippen molar-refractivity contribution in [2.24, 2.45) is 5.92 Å². The summed E-state index contributed by atoms with van der Waals surface area (Å²) in [5, 5.41) is 14.3. The first kappa shape index (κ1) is 12.9. The van der Waals surface area contributed by atoms with Gasteiger partial charge in [-0.3, -0.25) is 9.59 Å². The summed E-state index contributed by atoms with van der Waals surface area (Å²) in [5.74, 6) is -0.394. The minimum Gasteiger partial charge on any atom is -0.389 e. The summed E-state index contributed by atoms with van der Waals surface area (Å²) < 4.78 is 0. The second kappa shape index (κ2) is 6.37. The Balaban J connectivity index is 3.58. The first-order valence-corrected chi connectivity index (χ1v) is 4.63. The highest BCUT2D eigenvalue weighted by Crippen LogP contribution is 1.90. The zero-order valence-electron chi connectivity index (χ0n) is 8.83. The average Bonchev–Trinajstić information content (AvgIpc) is 2.10. The zero-order valence-corrected chi connectivity index (χ0v) is 8.83. The van der Waals surface area contributed by atoms with Crippen LogP contribution in [0.25, 0.3) is 0 Å². The highest BCUT2D eigenvalue weighted by Gasteiger charge is 2.09. The lowest BCUT2D eigenvalue weighted by Gasteiger charge is -2.13. The van der Waals surface area contributed by atoms with Gasteiger partial charge >= 0.3 is 0 Å². The van der Waals surface area contributed by atoms with E-state index < -0.39 is 6.10 Å². The van der Waals surface area contributed by atoms with E-state index in [0.717, 1.165) is 0 Å². The Kier molecular flexibility index (Phi) is 5.87. The fraction of sp³-hybridized carbons (Fsp3) is 0.778. The van der Waals surface area contributed by atoms with Gasteiger partial charge in [-0.25, -0.2) is 0 Å². The predicted molar refractivity (Wildman–Crippen MR) is 52.5 cm³/mol. The topological polar surface area (TPSA) is 78.4 Å². The van der Waals surface area contributed by atoms with Gasteiger partial charge in [0.25, 0.3) is 0 Å². The maximum absolute atomic E-state index is 11.1. The van der Waals surface area contributed by atoms with Crippen LogP contribution in [0.1, 0.15) is 20.8 Å². The molecule has 0 heterocycles. The van der Waals surface area contributed by atoms with E-state index in [1.54, 1.807) is 13.8 Å². The summed E-state index contributed by atoms with van der Waals surface area (Å²) in [4.78, 5) is 21.6. The van der Waals surface area contributed by atoms with Crippen LogP contribution in [0.4, 0.5) is 0 Å². The quantitative estimate of drug-likeness (QED) is 0.549. The fourth-order valence-electron chi connectivity index (χ4n) is 0.756. The molecule has 1 unspecified atom stereocenters. The molecule has 0 rings (SSSR count). The summed E-state index contributed by atoms with van der Waals surface area (Å²) in [7, 11) is 0. The molecular formula is C9H18N2O3. The third-order valence-corrected chi connectivity index (χ3v) is 1.62. The highest BCUT2D eigenvalue weighted by atomic mass is 16.3. The van der Waals surface area contributed by atoms with Crippen molar-refractivity contribution in [3.8, 4) is 0 Å². The molecule has 0 aromatic heterocycles. The van der Waals surface area contributed by atoms with E-state index in [4.69, 9.17) is 0 Å². The van der Waals surface area contributed by atoms with Gasteiger partial charge in [-0.05, 0) is 0 Å². The number of carbonyl (C=O) groups is 2. The second-order valence-electron chi connectivity index (χ2n) is 3.49. The second-order valence-corrected chi connectivity index (χ2v) is 3.49. The van der Waals surface area contributed by atoms with Crippen molar-refractivity contribution >= 4 is 11.8 Å². The van der Waals surface area contributed by atoms with Gasteiger partial charge in [0.2, 0.25) is 11.8 Å². The van der Waals surface area contributed by atoms with Crippen molar-refractivity contribution in [2.45, 2.75) is 26.9 Å². The molecule has 0 bridgehead atoms. The van der Waals surface area contributed by atoms with Crippen LogP contribution in [0.3, 0.4) is 0 Å². The molecule has 1 atom stereocenters. The van der Waals surface area contributed by atoms with Crippen LogP contribution in [-0.2, 0) is 9.59 Å². The lowest BCUT2D eigenvalue weighted by Crippen LogP contribution is -2.40. The highest BCUT2D eigenvalue weighted by molar-refractivity contribution is 5.77. The molecule has 0 aromatic carbocycles. The monoisotopic (exact) mass is 202 g/mol. The number of aliphatic hydroxyl groups is 1. The number of nitrogens with one attached hydrogen (secondary N) is 2. The molecule has 3 N–H and O–H groups in total. The summed E-state index contributed by atoms with van der Waals surface area (Å²) in [6.45, 7) is 5.25. The van der Waals surface area contributed by atoms with Gasteiger partial charge in [-0.1, -0.05) is 13.8 Å². The molecule has 5 nitrogen and oxygen atoms in total. The van der Waals surface area contributed by atoms with Gasteiger partial charge in [0.05, 0.1) is 6.10 Å². The molecule has 2 amide bonds. The maximum Gasteiger partial charge on any atom is 0.222 e. The summed E-state index contributed by atoms with van der Waals surface area (Å²) in [6, 6.07) is 0. The molecule has 0 aliphatic heterocycles. The first-order chi connectivity index (χ1) is 6.43. The SMILES string of the molecule is CC(=O)NCC(O)CNC(=O)C(C)C. The number of rotatable bonds is 5. The Hall–Kier alpha value is -1.10. The molecule has 0 radical (unpaired) electrons. The minimum atomic E-state index is -0.735. The number of amides is 2. The molecule has 0 aliphatic rings. The van der Waals surface area contributed by atoms with Crippen LogP contribution in [0.2, 0.25) is 0 Å². The molecule has 0 spiro atoms. The van der Waals surface area contributed by atoms with Crippen molar-refractivity contribution in [2.75, 3.05) is 13.1 Å². The van der Waals surface area contributed by atoms with E-state index in [1.165, 1.54) is 6.92 Å². The molecule has 14 heavy (non-hydrogen) atoms. The molecule has 5 heteroatoms. The van der Waals surface area contributed by atoms with Crippen LogP contribution in [0.15, 0.2) is 0 Å². The molecule has 82 valence electrons. The summed E-state index contributed by atoms with van der Waals surface area (Å²) >= 11 is 0. The summed E-state index contributed by atoms with van der Waals surface area (Å²) in [5.41, 5.74) is 0. The molecule has 0 fully saturated rings. The summed E-state index contributed by atoms with van der Waals surface area (Å²) in [6.07, 6.45) is -0.735. The smallest absolute Gasteiger partial charge is 0.222 e. The van der Waals surface area contributed by atoms with Crippen LogP contribution < -0.4 is 10.6 Å². The van der Waals surface area contributed by atoms with Crippen molar-refractivity contribution in [1.82, 2.24) is 10.6 Å². The molecule has 0 saturated carbocycles. The van der Waals surface area contributed by atoms with Crippen LogP contribution in [0.5, 0.6) is 0 Å². The van der Waals surface area contributed by atoms with Crippen molar-refractivity contribution < 1.29 is 14.7 Å². The van der Waals surface area contributed by atoms with Gasteiger partial charge in [0, 0.05) is 25.9 Å². The number of hydrogen-bond acceptors (Lipinski definition) is 3. The maximum atomic E-state index is 11.1. The largest absolute Gasteiger partial charge is 0.389 e. The Morgan fingerprint density at radius 3 is 2.14 bits per heavy atom. The van der Waals surface area contributed by atoms with Crippen molar-refractivity contribution in [1.29, 1.82) is 0 Å². The van der Waals surface area contributed by atoms with Gasteiger partial charge in [-0.15, -0.1) is 0 Å². The first-order valence-electron chi connectivity index (χ1n) is 4.63. The standard InChI is InChI=1S/C9H18N2O3/c1-6(2)9(14)11-5-8(13)4-10-7(3)12/h6,8,13H,4-5H2,1-3H3,(H,10,12)(H,11,14). The molecule has 0 aromatic rings. The lowest BCUT2D eigenvalue weighted by molar-refractivity contribution is -0.124. The normalized spacial score (nSPS) is 12.4. The van der Waals surface area contributed by atoms with E-state index in [0.29, 0.717) is 0 Å². The van der Waals surface area contributed by atoms with Crippen LogP contribution in [-0.4, -0.2) is 36.1 Å².